The molecule has 2 heteroatoms. The Kier molecular flexibility index (Phi) is 1.87. The molecule has 0 amide bonds. The zero-order chi connectivity index (χ0) is 8.72. The van der Waals surface area contributed by atoms with Crippen molar-refractivity contribution in [3.8, 4) is 0 Å². The third kappa shape index (κ3) is 1.14. The van der Waals surface area contributed by atoms with Crippen molar-refractivity contribution in [1.29, 1.82) is 0 Å². The molecule has 62 valence electrons. The number of rotatable bonds is 0. The first-order valence-corrected chi connectivity index (χ1v) is 4.91. The van der Waals surface area contributed by atoms with Gasteiger partial charge >= 0.3 is 0 Å². The number of halogens is 1. The number of fused-ring (bicyclic) bond motifs is 1. The third-order valence-corrected chi connectivity index (χ3v) is 3.38. The Balaban J connectivity index is 2.89. The van der Waals surface area contributed by atoms with E-state index in [9.17, 15) is 0 Å². The molecular weight excluding hydrogens is 263 g/mol. The Morgan fingerprint density at radius 1 is 1.25 bits per heavy atom. The van der Waals surface area contributed by atoms with Gasteiger partial charge in [-0.2, -0.15) is 0 Å². The molecule has 0 saturated heterocycles. The number of furan rings is 1. The fourth-order valence-electron chi connectivity index (χ4n) is 1.31. The fraction of sp³-hybridized carbons (Fsp3) is 0.200. The molecule has 12 heavy (non-hydrogen) atoms. The van der Waals surface area contributed by atoms with Gasteiger partial charge in [0, 0.05) is 8.96 Å². The van der Waals surface area contributed by atoms with E-state index in [2.05, 4.69) is 41.6 Å². The van der Waals surface area contributed by atoms with E-state index in [1.165, 1.54) is 14.5 Å². The van der Waals surface area contributed by atoms with Gasteiger partial charge in [-0.3, -0.25) is 0 Å². The Hall–Kier alpha value is -0.510. The third-order valence-electron chi connectivity index (χ3n) is 1.95. The lowest BCUT2D eigenvalue weighted by molar-refractivity contribution is 0.578. The van der Waals surface area contributed by atoms with Crippen molar-refractivity contribution in [2.24, 2.45) is 0 Å². The van der Waals surface area contributed by atoms with E-state index in [0.29, 0.717) is 0 Å². The maximum atomic E-state index is 5.50. The van der Waals surface area contributed by atoms with Crippen LogP contribution in [0.2, 0.25) is 0 Å². The van der Waals surface area contributed by atoms with E-state index in [4.69, 9.17) is 4.42 Å². The molecule has 1 aromatic carbocycles. The minimum absolute atomic E-state index is 0.980. The zero-order valence-electron chi connectivity index (χ0n) is 7.02. The van der Waals surface area contributed by atoms with Gasteiger partial charge < -0.3 is 4.42 Å². The maximum absolute atomic E-state index is 5.50. The highest BCUT2D eigenvalue weighted by Gasteiger charge is 2.05. The summed E-state index contributed by atoms with van der Waals surface area (Å²) in [5, 5.41) is 1.23. The van der Waals surface area contributed by atoms with Crippen molar-refractivity contribution in [2.75, 3.05) is 0 Å². The molecule has 0 fully saturated rings. The van der Waals surface area contributed by atoms with Gasteiger partial charge in [-0.15, -0.1) is 0 Å². The number of hydrogen-bond acceptors (Lipinski definition) is 1. The highest BCUT2D eigenvalue weighted by atomic mass is 127. The first-order chi connectivity index (χ1) is 5.68. The lowest BCUT2D eigenvalue weighted by atomic mass is 10.2. The molecule has 1 aromatic heterocycles. The van der Waals surface area contributed by atoms with E-state index in [-0.39, 0.29) is 0 Å². The van der Waals surface area contributed by atoms with Crippen LogP contribution in [0, 0.1) is 17.4 Å². The molecule has 0 radical (unpaired) electrons. The molecule has 2 rings (SSSR count). The van der Waals surface area contributed by atoms with Crippen molar-refractivity contribution in [1.82, 2.24) is 0 Å². The Bertz CT molecular complexity index is 429. The first kappa shape index (κ1) is 8.10. The fourth-order valence-corrected chi connectivity index (χ4v) is 1.92. The van der Waals surface area contributed by atoms with E-state index in [0.717, 1.165) is 11.3 Å². The highest BCUT2D eigenvalue weighted by molar-refractivity contribution is 14.1. The normalized spacial score (nSPS) is 10.9. The van der Waals surface area contributed by atoms with Crippen LogP contribution in [0.25, 0.3) is 11.0 Å². The topological polar surface area (TPSA) is 13.1 Å². The van der Waals surface area contributed by atoms with Crippen molar-refractivity contribution in [2.45, 2.75) is 13.8 Å². The van der Waals surface area contributed by atoms with Gasteiger partial charge in [0.1, 0.15) is 11.3 Å². The summed E-state index contributed by atoms with van der Waals surface area (Å²) in [7, 11) is 0. The molecule has 0 aliphatic rings. The molecule has 0 unspecified atom stereocenters. The van der Waals surface area contributed by atoms with E-state index in [1.54, 1.807) is 0 Å². The summed E-state index contributed by atoms with van der Waals surface area (Å²) in [5.74, 6) is 0.980. The second kappa shape index (κ2) is 2.76. The molecule has 0 saturated carbocycles. The Morgan fingerprint density at radius 3 is 2.75 bits per heavy atom. The van der Waals surface area contributed by atoms with Gasteiger partial charge in [0.15, 0.2) is 0 Å². The zero-order valence-corrected chi connectivity index (χ0v) is 9.18. The molecule has 0 aliphatic heterocycles. The lowest BCUT2D eigenvalue weighted by Crippen LogP contribution is -1.78. The Labute approximate surface area is 84.9 Å². The second-order valence-corrected chi connectivity index (χ2v) is 4.04. The second-order valence-electron chi connectivity index (χ2n) is 2.97. The molecule has 0 atom stereocenters. The molecule has 1 nitrogen and oxygen atoms in total. The van der Waals surface area contributed by atoms with Gasteiger partial charge in [0.05, 0.1) is 0 Å². The van der Waals surface area contributed by atoms with Gasteiger partial charge in [0.25, 0.3) is 0 Å². The predicted octanol–water partition coefficient (Wildman–Crippen LogP) is 3.65. The lowest BCUT2D eigenvalue weighted by Gasteiger charge is -1.96. The molecule has 0 aliphatic carbocycles. The average molecular weight is 272 g/mol. The van der Waals surface area contributed by atoms with Crippen molar-refractivity contribution >= 4 is 33.6 Å². The summed E-state index contributed by atoms with van der Waals surface area (Å²) in [6.45, 7) is 4.09. The predicted molar refractivity (Wildman–Crippen MR) is 58.4 cm³/mol. The van der Waals surface area contributed by atoms with Crippen LogP contribution in [0.15, 0.2) is 22.6 Å². The summed E-state index contributed by atoms with van der Waals surface area (Å²) in [6, 6.07) is 6.21. The van der Waals surface area contributed by atoms with Gasteiger partial charge in [-0.1, -0.05) is 6.07 Å². The molecule has 1 heterocycles. The van der Waals surface area contributed by atoms with Crippen LogP contribution >= 0.6 is 22.6 Å². The van der Waals surface area contributed by atoms with Crippen molar-refractivity contribution in [3.05, 3.63) is 33.1 Å². The van der Waals surface area contributed by atoms with Gasteiger partial charge in [-0.05, 0) is 54.1 Å². The number of hydrogen-bond donors (Lipinski definition) is 0. The number of aryl methyl sites for hydroxylation is 2. The average Bonchev–Trinajstić information content (AvgIpc) is 2.39. The smallest absolute Gasteiger partial charge is 0.135 e. The summed E-state index contributed by atoms with van der Waals surface area (Å²) >= 11 is 2.36. The van der Waals surface area contributed by atoms with Crippen LogP contribution in [0.3, 0.4) is 0 Å². The number of benzene rings is 1. The Morgan fingerprint density at radius 2 is 2.00 bits per heavy atom. The van der Waals surface area contributed by atoms with Gasteiger partial charge in [0.2, 0.25) is 0 Å². The standard InChI is InChI=1S/C10H9IO/c1-6-3-4-9-8(10(6)11)5-7(2)12-9/h3-5H,1-2H3. The molecule has 0 bridgehead atoms. The van der Waals surface area contributed by atoms with Crippen LogP contribution < -0.4 is 0 Å². The van der Waals surface area contributed by atoms with Crippen LogP contribution in [0.4, 0.5) is 0 Å². The van der Waals surface area contributed by atoms with Gasteiger partial charge in [-0.25, -0.2) is 0 Å². The summed E-state index contributed by atoms with van der Waals surface area (Å²) in [5.41, 5.74) is 2.30. The van der Waals surface area contributed by atoms with E-state index >= 15 is 0 Å². The minimum Gasteiger partial charge on any atom is -0.461 e. The molecular formula is C10H9IO. The minimum atomic E-state index is 0.980. The maximum Gasteiger partial charge on any atom is 0.135 e. The SMILES string of the molecule is Cc1cc2c(I)c(C)ccc2o1. The van der Waals surface area contributed by atoms with Crippen LogP contribution in [0.5, 0.6) is 0 Å². The van der Waals surface area contributed by atoms with Crippen molar-refractivity contribution in [3.63, 3.8) is 0 Å². The molecule has 0 N–H and O–H groups in total. The van der Waals surface area contributed by atoms with Crippen LogP contribution in [-0.4, -0.2) is 0 Å². The largest absolute Gasteiger partial charge is 0.461 e. The molecule has 0 spiro atoms. The monoisotopic (exact) mass is 272 g/mol. The summed E-state index contributed by atoms with van der Waals surface area (Å²) in [6.07, 6.45) is 0. The first-order valence-electron chi connectivity index (χ1n) is 3.84. The summed E-state index contributed by atoms with van der Waals surface area (Å²) in [4.78, 5) is 0. The van der Waals surface area contributed by atoms with E-state index in [1.807, 2.05) is 13.0 Å². The highest BCUT2D eigenvalue weighted by Crippen LogP contribution is 2.26. The van der Waals surface area contributed by atoms with Crippen LogP contribution in [-0.2, 0) is 0 Å². The molecule has 2 aromatic rings. The van der Waals surface area contributed by atoms with Crippen molar-refractivity contribution < 1.29 is 4.42 Å². The van der Waals surface area contributed by atoms with E-state index < -0.39 is 0 Å². The quantitative estimate of drug-likeness (QED) is 0.667. The van der Waals surface area contributed by atoms with Crippen LogP contribution in [0.1, 0.15) is 11.3 Å². The summed E-state index contributed by atoms with van der Waals surface area (Å²) < 4.78 is 6.79.